The lowest BCUT2D eigenvalue weighted by Crippen LogP contribution is -2.52. The van der Waals surface area contributed by atoms with E-state index in [1.807, 2.05) is 0 Å². The molecule has 0 amide bonds. The molecule has 0 N–H and O–H groups in total. The third-order valence-electron chi connectivity index (χ3n) is 13.8. The summed E-state index contributed by atoms with van der Waals surface area (Å²) in [6, 6.07) is 1.94. The van der Waals surface area contributed by atoms with Gasteiger partial charge in [-0.05, 0) is 97.6 Å². The second-order valence-corrected chi connectivity index (χ2v) is 19.9. The van der Waals surface area contributed by atoms with Gasteiger partial charge in [-0.25, -0.2) is 0 Å². The smallest absolute Gasteiger partial charge is 0.0561 e. The van der Waals surface area contributed by atoms with Crippen molar-refractivity contribution in [1.29, 1.82) is 0 Å². The maximum atomic E-state index is 3.08. The monoisotopic (exact) mass is 467 g/mol. The summed E-state index contributed by atoms with van der Waals surface area (Å²) in [7, 11) is 1.23. The third-order valence-corrected chi connectivity index (χ3v) is 18.9. The lowest BCUT2D eigenvalue weighted by molar-refractivity contribution is 0.135. The summed E-state index contributed by atoms with van der Waals surface area (Å²) in [5.74, 6) is 8.96. The molecule has 1 nitrogen and oxygen atoms in total. The van der Waals surface area contributed by atoms with Crippen molar-refractivity contribution in [1.82, 2.24) is 4.90 Å². The van der Waals surface area contributed by atoms with Crippen molar-refractivity contribution in [3.63, 3.8) is 0 Å². The highest BCUT2D eigenvalue weighted by Gasteiger charge is 2.67. The number of fused-ring (bicyclic) bond motifs is 8. The summed E-state index contributed by atoms with van der Waals surface area (Å²) in [6.07, 6.45) is 25.2. The zero-order valence-corrected chi connectivity index (χ0v) is 23.2. The van der Waals surface area contributed by atoms with Crippen LogP contribution in [-0.4, -0.2) is 32.1 Å². The van der Waals surface area contributed by atoms with Gasteiger partial charge in [-0.1, -0.05) is 83.7 Å². The fourth-order valence-corrected chi connectivity index (χ4v) is 19.6. The van der Waals surface area contributed by atoms with Crippen LogP contribution in [0.25, 0.3) is 0 Å². The first kappa shape index (κ1) is 22.4. The first-order valence-corrected chi connectivity index (χ1v) is 19.0. The zero-order valence-electron chi connectivity index (χ0n) is 22.2. The molecular formula is C31H53NSi. The molecule has 11 atom stereocenters. The van der Waals surface area contributed by atoms with E-state index >= 15 is 0 Å². The first-order valence-electron chi connectivity index (χ1n) is 15.8. The summed E-state index contributed by atoms with van der Waals surface area (Å²) in [5.41, 5.74) is 2.30. The average molecular weight is 468 g/mol. The standard InChI is InChI=1S/C31H53NSi/c1-32-27-19-11-10-18-26(27)28-22-14-6-9-17-25(22)31(29(28)32)33(2,3)30-23-15-7-4-12-20(23)21-13-5-8-16-24(21)30/h20-31H,4-19H2,1-3H3. The van der Waals surface area contributed by atoms with E-state index in [1.54, 1.807) is 83.5 Å². The molecule has 0 aromatic carbocycles. The average Bonchev–Trinajstić information content (AvgIpc) is 3.46. The van der Waals surface area contributed by atoms with Crippen LogP contribution in [0.2, 0.25) is 24.2 Å². The van der Waals surface area contributed by atoms with E-state index in [-0.39, 0.29) is 0 Å². The van der Waals surface area contributed by atoms with Crippen LogP contribution in [0, 0.1) is 47.3 Å². The maximum Gasteiger partial charge on any atom is 0.0561 e. The molecule has 1 heterocycles. The minimum absolute atomic E-state index is 0.956. The van der Waals surface area contributed by atoms with Gasteiger partial charge < -0.3 is 0 Å². The molecule has 0 spiro atoms. The van der Waals surface area contributed by atoms with E-state index in [1.165, 1.54) is 24.8 Å². The zero-order chi connectivity index (χ0) is 22.3. The molecule has 33 heavy (non-hydrogen) atoms. The van der Waals surface area contributed by atoms with E-state index in [9.17, 15) is 0 Å². The second-order valence-electron chi connectivity index (χ2n) is 15.0. The Labute approximate surface area is 206 Å². The van der Waals surface area contributed by atoms with Gasteiger partial charge in [-0.3, -0.25) is 4.90 Å². The van der Waals surface area contributed by atoms with Gasteiger partial charge in [0.25, 0.3) is 0 Å². The molecule has 0 aromatic rings. The summed E-state index contributed by atoms with van der Waals surface area (Å²) in [4.78, 5) is 3.08. The van der Waals surface area contributed by atoms with Crippen LogP contribution >= 0.6 is 0 Å². The Morgan fingerprint density at radius 2 is 0.909 bits per heavy atom. The molecule has 6 aliphatic carbocycles. The van der Waals surface area contributed by atoms with Crippen LogP contribution in [0.3, 0.4) is 0 Å². The van der Waals surface area contributed by atoms with Crippen molar-refractivity contribution in [2.24, 2.45) is 47.3 Å². The van der Waals surface area contributed by atoms with Gasteiger partial charge >= 0.3 is 0 Å². The molecule has 186 valence electrons. The fourth-order valence-electron chi connectivity index (χ4n) is 13.2. The van der Waals surface area contributed by atoms with Gasteiger partial charge in [0.1, 0.15) is 0 Å². The van der Waals surface area contributed by atoms with Crippen molar-refractivity contribution < 1.29 is 0 Å². The van der Waals surface area contributed by atoms with Gasteiger partial charge in [0, 0.05) is 12.1 Å². The van der Waals surface area contributed by atoms with Crippen LogP contribution in [0.5, 0.6) is 0 Å². The number of nitrogens with zero attached hydrogens (tertiary/aromatic N) is 1. The Bertz CT molecular complexity index is 710. The van der Waals surface area contributed by atoms with Crippen molar-refractivity contribution in [3.05, 3.63) is 0 Å². The Morgan fingerprint density at radius 1 is 0.485 bits per heavy atom. The normalized spacial score (nSPS) is 54.3. The Kier molecular flexibility index (Phi) is 5.67. The molecule has 1 saturated heterocycles. The van der Waals surface area contributed by atoms with Crippen LogP contribution < -0.4 is 0 Å². The van der Waals surface area contributed by atoms with E-state index in [2.05, 4.69) is 25.0 Å². The summed E-state index contributed by atoms with van der Waals surface area (Å²) >= 11 is 0. The van der Waals surface area contributed by atoms with Crippen LogP contribution in [0.1, 0.15) is 103 Å². The Hall–Kier alpha value is 0.177. The molecule has 0 aromatic heterocycles. The molecule has 11 unspecified atom stereocenters. The van der Waals surface area contributed by atoms with Gasteiger partial charge in [0.05, 0.1) is 8.07 Å². The first-order chi connectivity index (χ1) is 16.1. The van der Waals surface area contributed by atoms with Crippen molar-refractivity contribution >= 4 is 8.07 Å². The van der Waals surface area contributed by atoms with E-state index in [0.29, 0.717) is 0 Å². The highest BCUT2D eigenvalue weighted by molar-refractivity contribution is 6.80. The van der Waals surface area contributed by atoms with Crippen LogP contribution in [-0.2, 0) is 0 Å². The second kappa shape index (κ2) is 8.36. The van der Waals surface area contributed by atoms with E-state index in [0.717, 1.165) is 65.0 Å². The molecule has 7 aliphatic rings. The highest BCUT2D eigenvalue weighted by Crippen LogP contribution is 2.70. The summed E-state index contributed by atoms with van der Waals surface area (Å²) in [6.45, 7) is 5.99. The van der Waals surface area contributed by atoms with Gasteiger partial charge in [-0.15, -0.1) is 0 Å². The topological polar surface area (TPSA) is 3.24 Å². The van der Waals surface area contributed by atoms with Gasteiger partial charge in [0.2, 0.25) is 0 Å². The number of likely N-dealkylation sites (tertiary alicyclic amines) is 1. The largest absolute Gasteiger partial charge is 0.300 e. The fraction of sp³-hybridized carbons (Fsp3) is 1.00. The third kappa shape index (κ3) is 3.17. The maximum absolute atomic E-state index is 3.08. The molecule has 0 bridgehead atoms. The van der Waals surface area contributed by atoms with Crippen molar-refractivity contribution in [3.8, 4) is 0 Å². The number of hydrogen-bond donors (Lipinski definition) is 0. The number of rotatable bonds is 2. The Morgan fingerprint density at radius 3 is 1.48 bits per heavy atom. The lowest BCUT2D eigenvalue weighted by Gasteiger charge is -2.50. The molecule has 1 aliphatic heterocycles. The summed E-state index contributed by atoms with van der Waals surface area (Å²) < 4.78 is 0. The van der Waals surface area contributed by atoms with Crippen molar-refractivity contribution in [2.45, 2.75) is 139 Å². The summed E-state index contributed by atoms with van der Waals surface area (Å²) in [5, 5.41) is 0. The van der Waals surface area contributed by atoms with Crippen molar-refractivity contribution in [2.75, 3.05) is 7.05 Å². The molecular weight excluding hydrogens is 414 g/mol. The predicted octanol–water partition coefficient (Wildman–Crippen LogP) is 8.37. The molecule has 7 rings (SSSR count). The lowest BCUT2D eigenvalue weighted by atomic mass is 9.70. The van der Waals surface area contributed by atoms with Gasteiger partial charge in [0.15, 0.2) is 0 Å². The minimum Gasteiger partial charge on any atom is -0.300 e. The number of hydrogen-bond acceptors (Lipinski definition) is 1. The van der Waals surface area contributed by atoms with Crippen LogP contribution in [0.15, 0.2) is 0 Å². The molecule has 6 saturated carbocycles. The van der Waals surface area contributed by atoms with E-state index in [4.69, 9.17) is 0 Å². The molecule has 7 fully saturated rings. The molecule has 0 radical (unpaired) electrons. The van der Waals surface area contributed by atoms with Gasteiger partial charge in [-0.2, -0.15) is 0 Å². The van der Waals surface area contributed by atoms with E-state index < -0.39 is 8.07 Å². The predicted molar refractivity (Wildman–Crippen MR) is 142 cm³/mol. The quantitative estimate of drug-likeness (QED) is 0.369. The molecule has 2 heteroatoms. The Balaban J connectivity index is 1.28. The minimum atomic E-state index is -1.40. The van der Waals surface area contributed by atoms with Crippen LogP contribution in [0.4, 0.5) is 0 Å². The SMILES string of the molecule is CN1C2CCCCC2C2C3CCCCC3C([Si](C)(C)C3C4CCCCC4C4CCCCC43)C21. The highest BCUT2D eigenvalue weighted by atomic mass is 28.3.